The third-order valence-corrected chi connectivity index (χ3v) is 7.87. The minimum Gasteiger partial charge on any atom is -0.478 e. The first-order valence-electron chi connectivity index (χ1n) is 14.5. The largest absolute Gasteiger partial charge is 0.478 e. The molecule has 1 aliphatic rings. The number of carboxylic acid groups (broad SMARTS) is 1. The van der Waals surface area contributed by atoms with E-state index in [1.165, 1.54) is 23.8 Å². The Balaban J connectivity index is 1.19. The Morgan fingerprint density at radius 3 is 2.16 bits per heavy atom. The lowest BCUT2D eigenvalue weighted by atomic mass is 10.1. The first-order valence-corrected chi connectivity index (χ1v) is 14.5. The summed E-state index contributed by atoms with van der Waals surface area (Å²) in [5.41, 5.74) is 4.38. The number of carboxylic acids is 1. The van der Waals surface area contributed by atoms with Crippen LogP contribution in [0.2, 0.25) is 0 Å². The summed E-state index contributed by atoms with van der Waals surface area (Å²) in [5.74, 6) is -0.682. The second-order valence-electron chi connectivity index (χ2n) is 10.8. The summed E-state index contributed by atoms with van der Waals surface area (Å²) in [6.45, 7) is 6.41. The van der Waals surface area contributed by atoms with Crippen molar-refractivity contribution in [3.63, 3.8) is 0 Å². The van der Waals surface area contributed by atoms with Crippen LogP contribution in [-0.2, 0) is 13.1 Å². The number of aryl methyl sites for hydroxylation is 1. The van der Waals surface area contributed by atoms with Gasteiger partial charge in [0.15, 0.2) is 5.65 Å². The predicted octanol–water partition coefficient (Wildman–Crippen LogP) is 4.04. The van der Waals surface area contributed by atoms with Crippen LogP contribution in [0.3, 0.4) is 0 Å². The second kappa shape index (κ2) is 12.5. The van der Waals surface area contributed by atoms with Crippen LogP contribution in [0.15, 0.2) is 95.8 Å². The van der Waals surface area contributed by atoms with E-state index in [9.17, 15) is 14.4 Å². The van der Waals surface area contributed by atoms with Crippen LogP contribution in [-0.4, -0.2) is 62.6 Å². The molecule has 1 fully saturated rings. The number of nitrogens with zero attached hydrogens (tertiary/aromatic N) is 5. The summed E-state index contributed by atoms with van der Waals surface area (Å²) in [6, 6.07) is 26.9. The Hall–Kier alpha value is -5.35. The molecule has 0 spiro atoms. The zero-order valence-corrected chi connectivity index (χ0v) is 24.3. The molecule has 1 saturated heterocycles. The molecule has 6 rings (SSSR count). The number of nitrogens with one attached hydrogen (secondary N) is 1. The highest BCUT2D eigenvalue weighted by Gasteiger charge is 2.21. The maximum atomic E-state index is 13.2. The number of aromatic carboxylic acids is 1. The summed E-state index contributed by atoms with van der Waals surface area (Å²) in [5, 5.41) is 12.7. The molecule has 0 aliphatic carbocycles. The van der Waals surface area contributed by atoms with Gasteiger partial charge in [0.1, 0.15) is 0 Å². The number of fused-ring (bicyclic) bond motifs is 1. The van der Waals surface area contributed by atoms with Crippen molar-refractivity contribution in [3.05, 3.63) is 129 Å². The standard InChI is InChI=1S/C34H32N6O4/c1-23-29-15-16-30(41)40(28-13-11-26(12-14-28)32(42)35-21-24-7-9-27(10-8-24)33(43)44)31(29)37-34(36-23)39-19-17-38(18-20-39)22-25-5-3-2-4-6-25/h2-16H,17-22H2,1H3,(H,35,42)(H,43,44). The summed E-state index contributed by atoms with van der Waals surface area (Å²) in [7, 11) is 0. The highest BCUT2D eigenvalue weighted by Crippen LogP contribution is 2.22. The van der Waals surface area contributed by atoms with Gasteiger partial charge in [-0.25, -0.2) is 9.78 Å². The summed E-state index contributed by atoms with van der Waals surface area (Å²) < 4.78 is 1.56. The van der Waals surface area contributed by atoms with Crippen molar-refractivity contribution in [1.82, 2.24) is 24.8 Å². The van der Waals surface area contributed by atoms with E-state index in [-0.39, 0.29) is 23.6 Å². The topological polar surface area (TPSA) is 121 Å². The van der Waals surface area contributed by atoms with E-state index >= 15 is 0 Å². The summed E-state index contributed by atoms with van der Waals surface area (Å²) in [4.78, 5) is 51.3. The number of carbonyl (C=O) groups is 2. The SMILES string of the molecule is Cc1nc(N2CCN(Cc3ccccc3)CC2)nc2c1ccc(=O)n2-c1ccc(C(=O)NCc2ccc(C(=O)O)cc2)cc1. The molecule has 2 aromatic heterocycles. The molecule has 5 aromatic rings. The van der Waals surface area contributed by atoms with Crippen molar-refractivity contribution in [2.24, 2.45) is 0 Å². The van der Waals surface area contributed by atoms with E-state index in [1.54, 1.807) is 47.0 Å². The highest BCUT2D eigenvalue weighted by atomic mass is 16.4. The first kappa shape index (κ1) is 28.8. The highest BCUT2D eigenvalue weighted by molar-refractivity contribution is 5.94. The zero-order valence-electron chi connectivity index (χ0n) is 24.3. The van der Waals surface area contributed by atoms with Gasteiger partial charge in [-0.15, -0.1) is 0 Å². The van der Waals surface area contributed by atoms with Crippen LogP contribution < -0.4 is 15.8 Å². The van der Waals surface area contributed by atoms with Crippen molar-refractivity contribution < 1.29 is 14.7 Å². The van der Waals surface area contributed by atoms with Gasteiger partial charge in [-0.2, -0.15) is 4.98 Å². The molecule has 0 unspecified atom stereocenters. The van der Waals surface area contributed by atoms with Crippen molar-refractivity contribution in [2.75, 3.05) is 31.1 Å². The quantitative estimate of drug-likeness (QED) is 0.279. The lowest BCUT2D eigenvalue weighted by molar-refractivity contribution is 0.0696. The van der Waals surface area contributed by atoms with Gasteiger partial charge in [-0.3, -0.25) is 19.1 Å². The van der Waals surface area contributed by atoms with Gasteiger partial charge in [-0.1, -0.05) is 42.5 Å². The van der Waals surface area contributed by atoms with Crippen LogP contribution in [0.4, 0.5) is 5.95 Å². The molecule has 0 radical (unpaired) electrons. The van der Waals surface area contributed by atoms with Crippen molar-refractivity contribution in [1.29, 1.82) is 0 Å². The average Bonchev–Trinajstić information content (AvgIpc) is 3.04. The number of carbonyl (C=O) groups excluding carboxylic acids is 1. The van der Waals surface area contributed by atoms with Crippen molar-refractivity contribution >= 4 is 28.9 Å². The Labute approximate surface area is 254 Å². The van der Waals surface area contributed by atoms with Crippen molar-refractivity contribution in [2.45, 2.75) is 20.0 Å². The fourth-order valence-corrected chi connectivity index (χ4v) is 5.40. The average molecular weight is 589 g/mol. The summed E-state index contributed by atoms with van der Waals surface area (Å²) >= 11 is 0. The number of amides is 1. The van der Waals surface area contributed by atoms with E-state index in [2.05, 4.69) is 39.4 Å². The first-order chi connectivity index (χ1) is 21.4. The Kier molecular flexibility index (Phi) is 8.16. The fraction of sp³-hybridized carbons (Fsp3) is 0.206. The molecular weight excluding hydrogens is 556 g/mol. The lowest BCUT2D eigenvalue weighted by Crippen LogP contribution is -2.46. The molecule has 10 nitrogen and oxygen atoms in total. The Bertz CT molecular complexity index is 1860. The number of hydrogen-bond donors (Lipinski definition) is 2. The van der Waals surface area contributed by atoms with Gasteiger partial charge in [0, 0.05) is 56.3 Å². The molecule has 44 heavy (non-hydrogen) atoms. The third kappa shape index (κ3) is 6.20. The van der Waals surface area contributed by atoms with Gasteiger partial charge in [0.05, 0.1) is 16.9 Å². The molecule has 10 heteroatoms. The molecule has 222 valence electrons. The molecule has 0 atom stereocenters. The number of anilines is 1. The number of pyridine rings is 1. The minimum atomic E-state index is -0.999. The molecule has 3 heterocycles. The molecule has 1 amide bonds. The van der Waals surface area contributed by atoms with Gasteiger partial charge in [0.2, 0.25) is 5.95 Å². The van der Waals surface area contributed by atoms with Gasteiger partial charge >= 0.3 is 5.97 Å². The van der Waals surface area contributed by atoms with Crippen LogP contribution in [0.1, 0.15) is 37.5 Å². The Morgan fingerprint density at radius 1 is 0.795 bits per heavy atom. The second-order valence-corrected chi connectivity index (χ2v) is 10.8. The Morgan fingerprint density at radius 2 is 1.48 bits per heavy atom. The molecule has 0 saturated carbocycles. The summed E-state index contributed by atoms with van der Waals surface area (Å²) in [6.07, 6.45) is 0. The van der Waals surface area contributed by atoms with Crippen LogP contribution in [0, 0.1) is 6.92 Å². The number of aromatic nitrogens is 3. The van der Waals surface area contributed by atoms with E-state index in [0.29, 0.717) is 22.8 Å². The number of hydrogen-bond acceptors (Lipinski definition) is 7. The molecule has 2 N–H and O–H groups in total. The maximum Gasteiger partial charge on any atom is 0.335 e. The third-order valence-electron chi connectivity index (χ3n) is 7.87. The predicted molar refractivity (Wildman–Crippen MR) is 168 cm³/mol. The lowest BCUT2D eigenvalue weighted by Gasteiger charge is -2.35. The van der Waals surface area contributed by atoms with Crippen LogP contribution in [0.25, 0.3) is 16.7 Å². The maximum absolute atomic E-state index is 13.2. The van der Waals surface area contributed by atoms with E-state index < -0.39 is 5.97 Å². The van der Waals surface area contributed by atoms with Crippen molar-refractivity contribution in [3.8, 4) is 5.69 Å². The van der Waals surface area contributed by atoms with E-state index in [0.717, 1.165) is 49.4 Å². The molecule has 1 aliphatic heterocycles. The van der Waals surface area contributed by atoms with E-state index in [4.69, 9.17) is 15.1 Å². The van der Waals surface area contributed by atoms with Gasteiger partial charge in [0.25, 0.3) is 11.5 Å². The molecule has 3 aromatic carbocycles. The van der Waals surface area contributed by atoms with Crippen LogP contribution in [0.5, 0.6) is 0 Å². The molecular formula is C34H32N6O4. The number of rotatable bonds is 8. The fourth-order valence-electron chi connectivity index (χ4n) is 5.40. The van der Waals surface area contributed by atoms with E-state index in [1.807, 2.05) is 13.0 Å². The number of piperazine rings is 1. The van der Waals surface area contributed by atoms with Gasteiger partial charge in [-0.05, 0) is 60.5 Å². The molecule has 0 bridgehead atoms. The normalized spacial score (nSPS) is 13.6. The van der Waals surface area contributed by atoms with Gasteiger partial charge < -0.3 is 15.3 Å². The van der Waals surface area contributed by atoms with Crippen LogP contribution >= 0.6 is 0 Å². The number of benzene rings is 3. The smallest absolute Gasteiger partial charge is 0.335 e. The minimum absolute atomic E-state index is 0.188. The monoisotopic (exact) mass is 588 g/mol. The zero-order chi connectivity index (χ0) is 30.6.